The number of anilines is 2. The lowest BCUT2D eigenvalue weighted by atomic mass is 10.2. The van der Waals surface area contributed by atoms with Gasteiger partial charge in [0, 0.05) is 23.1 Å². The topological polar surface area (TPSA) is 49.8 Å². The molecule has 1 aromatic heterocycles. The number of aromatic nitrogens is 2. The van der Waals surface area contributed by atoms with Crippen molar-refractivity contribution >= 4 is 27.6 Å². The molecule has 0 spiro atoms. The highest BCUT2D eigenvalue weighted by atomic mass is 79.9. The lowest BCUT2D eigenvalue weighted by molar-refractivity contribution is 0.992. The van der Waals surface area contributed by atoms with Crippen LogP contribution in [0, 0.1) is 13.8 Å². The summed E-state index contributed by atoms with van der Waals surface area (Å²) in [5.41, 5.74) is 2.26. The van der Waals surface area contributed by atoms with E-state index in [0.717, 1.165) is 40.6 Å². The average molecular weight is 335 g/mol. The second kappa shape index (κ2) is 6.70. The van der Waals surface area contributed by atoms with Gasteiger partial charge in [-0.3, -0.25) is 0 Å². The molecule has 2 aromatic rings. The first kappa shape index (κ1) is 14.8. The Kier molecular flexibility index (Phi) is 4.95. The zero-order valence-corrected chi connectivity index (χ0v) is 13.6. The van der Waals surface area contributed by atoms with Crippen LogP contribution in [-0.2, 0) is 6.54 Å². The van der Waals surface area contributed by atoms with Crippen LogP contribution in [0.3, 0.4) is 0 Å². The molecular formula is C15H19BrN4. The molecule has 0 saturated carbocycles. The van der Waals surface area contributed by atoms with Crippen molar-refractivity contribution in [2.75, 3.05) is 17.2 Å². The Hall–Kier alpha value is -1.62. The Morgan fingerprint density at radius 3 is 2.45 bits per heavy atom. The van der Waals surface area contributed by atoms with Crippen molar-refractivity contribution in [2.24, 2.45) is 0 Å². The lowest BCUT2D eigenvalue weighted by Gasteiger charge is -2.13. The maximum atomic E-state index is 4.48. The number of hydrogen-bond acceptors (Lipinski definition) is 4. The maximum absolute atomic E-state index is 4.48. The van der Waals surface area contributed by atoms with Crippen LogP contribution in [0.5, 0.6) is 0 Å². The van der Waals surface area contributed by atoms with Gasteiger partial charge in [-0.05, 0) is 38.5 Å². The summed E-state index contributed by atoms with van der Waals surface area (Å²) in [6.45, 7) is 7.58. The molecule has 0 fully saturated rings. The van der Waals surface area contributed by atoms with Crippen molar-refractivity contribution in [2.45, 2.75) is 27.3 Å². The minimum Gasteiger partial charge on any atom is -0.370 e. The second-order valence-corrected chi connectivity index (χ2v) is 5.52. The first-order valence-corrected chi connectivity index (χ1v) is 7.47. The lowest BCUT2D eigenvalue weighted by Crippen LogP contribution is -2.09. The van der Waals surface area contributed by atoms with Crippen LogP contribution in [0.15, 0.2) is 28.7 Å². The maximum Gasteiger partial charge on any atom is 0.135 e. The number of nitrogens with one attached hydrogen (secondary N) is 2. The molecule has 106 valence electrons. The predicted octanol–water partition coefficient (Wildman–Crippen LogP) is 3.90. The van der Waals surface area contributed by atoms with Gasteiger partial charge in [-0.2, -0.15) is 0 Å². The van der Waals surface area contributed by atoms with Crippen LogP contribution >= 0.6 is 15.9 Å². The minimum absolute atomic E-state index is 0.738. The van der Waals surface area contributed by atoms with Crippen LogP contribution in [0.2, 0.25) is 0 Å². The molecule has 2 N–H and O–H groups in total. The summed E-state index contributed by atoms with van der Waals surface area (Å²) in [5, 5.41) is 6.65. The number of halogens is 1. The van der Waals surface area contributed by atoms with Crippen molar-refractivity contribution in [1.82, 2.24) is 9.97 Å². The molecule has 0 aliphatic rings. The number of benzene rings is 1. The molecule has 4 nitrogen and oxygen atoms in total. The van der Waals surface area contributed by atoms with E-state index in [0.29, 0.717) is 0 Å². The largest absolute Gasteiger partial charge is 0.370 e. The van der Waals surface area contributed by atoms with Crippen molar-refractivity contribution in [1.29, 1.82) is 0 Å². The zero-order valence-electron chi connectivity index (χ0n) is 12.0. The summed E-state index contributed by atoms with van der Waals surface area (Å²) < 4.78 is 1.08. The van der Waals surface area contributed by atoms with Gasteiger partial charge in [0.05, 0.1) is 0 Å². The van der Waals surface area contributed by atoms with Crippen LogP contribution in [-0.4, -0.2) is 16.5 Å². The van der Waals surface area contributed by atoms with Crippen molar-refractivity contribution in [3.8, 4) is 0 Å². The number of nitrogens with zero attached hydrogens (tertiary/aromatic N) is 2. The Labute approximate surface area is 128 Å². The zero-order chi connectivity index (χ0) is 14.5. The summed E-state index contributed by atoms with van der Waals surface area (Å²) in [5.74, 6) is 2.55. The molecule has 0 radical (unpaired) electrons. The van der Waals surface area contributed by atoms with E-state index in [-0.39, 0.29) is 0 Å². The van der Waals surface area contributed by atoms with E-state index in [1.54, 1.807) is 0 Å². The first-order chi connectivity index (χ1) is 9.60. The van der Waals surface area contributed by atoms with Crippen molar-refractivity contribution in [3.05, 3.63) is 45.7 Å². The van der Waals surface area contributed by atoms with Crippen molar-refractivity contribution < 1.29 is 0 Å². The SMILES string of the molecule is CCNc1nc(C)nc(NCc2cccc(Br)c2)c1C. The smallest absolute Gasteiger partial charge is 0.135 e. The monoisotopic (exact) mass is 334 g/mol. The van der Waals surface area contributed by atoms with E-state index in [4.69, 9.17) is 0 Å². The third-order valence-electron chi connectivity index (χ3n) is 2.95. The highest BCUT2D eigenvalue weighted by molar-refractivity contribution is 9.10. The fourth-order valence-electron chi connectivity index (χ4n) is 1.97. The molecule has 20 heavy (non-hydrogen) atoms. The highest BCUT2D eigenvalue weighted by Crippen LogP contribution is 2.20. The molecule has 5 heteroatoms. The van der Waals surface area contributed by atoms with E-state index >= 15 is 0 Å². The first-order valence-electron chi connectivity index (χ1n) is 6.67. The van der Waals surface area contributed by atoms with Gasteiger partial charge in [0.1, 0.15) is 17.5 Å². The minimum atomic E-state index is 0.738. The standard InChI is InChI=1S/C15H19BrN4/c1-4-17-14-10(2)15(20-11(3)19-14)18-9-12-6-5-7-13(16)8-12/h5-8H,4,9H2,1-3H3,(H2,17,18,19,20). The van der Waals surface area contributed by atoms with E-state index < -0.39 is 0 Å². The third kappa shape index (κ3) is 3.70. The summed E-state index contributed by atoms with van der Waals surface area (Å²) in [4.78, 5) is 8.90. The second-order valence-electron chi connectivity index (χ2n) is 4.61. The highest BCUT2D eigenvalue weighted by Gasteiger charge is 2.08. The predicted molar refractivity (Wildman–Crippen MR) is 87.1 cm³/mol. The number of hydrogen-bond donors (Lipinski definition) is 2. The van der Waals surface area contributed by atoms with Gasteiger partial charge < -0.3 is 10.6 Å². The molecule has 0 unspecified atom stereocenters. The molecule has 2 rings (SSSR count). The van der Waals surface area contributed by atoms with Gasteiger partial charge in [-0.25, -0.2) is 9.97 Å². The fraction of sp³-hybridized carbons (Fsp3) is 0.333. The van der Waals surface area contributed by atoms with E-state index in [2.05, 4.69) is 55.6 Å². The normalized spacial score (nSPS) is 10.4. The number of aryl methyl sites for hydroxylation is 1. The van der Waals surface area contributed by atoms with Crippen LogP contribution in [0.25, 0.3) is 0 Å². The Morgan fingerprint density at radius 1 is 1.10 bits per heavy atom. The molecule has 0 aliphatic carbocycles. The van der Waals surface area contributed by atoms with Crippen LogP contribution < -0.4 is 10.6 Å². The average Bonchev–Trinajstić information content (AvgIpc) is 2.41. The van der Waals surface area contributed by atoms with Gasteiger partial charge in [0.25, 0.3) is 0 Å². The summed E-state index contributed by atoms with van der Waals surface area (Å²) in [6, 6.07) is 8.24. The summed E-state index contributed by atoms with van der Waals surface area (Å²) in [6.07, 6.45) is 0. The van der Waals surface area contributed by atoms with Crippen LogP contribution in [0.4, 0.5) is 11.6 Å². The molecule has 0 amide bonds. The fourth-order valence-corrected chi connectivity index (χ4v) is 2.42. The van der Waals surface area contributed by atoms with Gasteiger partial charge in [-0.15, -0.1) is 0 Å². The molecule has 1 heterocycles. The van der Waals surface area contributed by atoms with Gasteiger partial charge in [-0.1, -0.05) is 28.1 Å². The molecule has 0 aliphatic heterocycles. The van der Waals surface area contributed by atoms with Gasteiger partial charge in [0.2, 0.25) is 0 Å². The Morgan fingerprint density at radius 2 is 1.80 bits per heavy atom. The Bertz CT molecular complexity index is 598. The van der Waals surface area contributed by atoms with E-state index in [1.807, 2.05) is 26.0 Å². The molecule has 0 bridgehead atoms. The van der Waals surface area contributed by atoms with E-state index in [9.17, 15) is 0 Å². The molecule has 0 saturated heterocycles. The van der Waals surface area contributed by atoms with Crippen molar-refractivity contribution in [3.63, 3.8) is 0 Å². The third-order valence-corrected chi connectivity index (χ3v) is 3.44. The summed E-state index contributed by atoms with van der Waals surface area (Å²) >= 11 is 3.48. The van der Waals surface area contributed by atoms with Gasteiger partial charge >= 0.3 is 0 Å². The van der Waals surface area contributed by atoms with E-state index in [1.165, 1.54) is 5.56 Å². The molecule has 1 aromatic carbocycles. The quantitative estimate of drug-likeness (QED) is 0.870. The summed E-state index contributed by atoms with van der Waals surface area (Å²) in [7, 11) is 0. The van der Waals surface area contributed by atoms with Crippen LogP contribution in [0.1, 0.15) is 23.9 Å². The molecule has 0 atom stereocenters. The van der Waals surface area contributed by atoms with Gasteiger partial charge in [0.15, 0.2) is 0 Å². The Balaban J connectivity index is 2.16. The number of rotatable bonds is 5. The molecular weight excluding hydrogens is 316 g/mol.